The second kappa shape index (κ2) is 5.64. The summed E-state index contributed by atoms with van der Waals surface area (Å²) >= 11 is 3.29. The summed E-state index contributed by atoms with van der Waals surface area (Å²) < 4.78 is 34.7. The van der Waals surface area contributed by atoms with Crippen molar-refractivity contribution < 1.29 is 18.3 Å². The second-order valence-corrected chi connectivity index (χ2v) is 4.54. The lowest BCUT2D eigenvalue weighted by molar-refractivity contribution is -0.0498. The largest absolute Gasteiger partial charge is 0.435 e. The molecule has 94 valence electrons. The van der Waals surface area contributed by atoms with Crippen molar-refractivity contribution in [1.82, 2.24) is 0 Å². The molecule has 0 bridgehead atoms. The predicted octanol–water partition coefficient (Wildman–Crippen LogP) is 2.89. The summed E-state index contributed by atoms with van der Waals surface area (Å²) in [6, 6.07) is 5.02. The highest BCUT2D eigenvalue weighted by Crippen LogP contribution is 2.28. The zero-order valence-electron chi connectivity index (χ0n) is 9.04. The van der Waals surface area contributed by atoms with Gasteiger partial charge in [-0.2, -0.15) is 8.78 Å². The minimum absolute atomic E-state index is 0.163. The van der Waals surface area contributed by atoms with Gasteiger partial charge in [-0.25, -0.2) is 0 Å². The summed E-state index contributed by atoms with van der Waals surface area (Å²) in [7, 11) is 0. The predicted molar refractivity (Wildman–Crippen MR) is 63.8 cm³/mol. The first-order valence-corrected chi connectivity index (χ1v) is 6.02. The number of alkyl halides is 2. The maximum atomic E-state index is 12.2. The summed E-state index contributed by atoms with van der Waals surface area (Å²) in [4.78, 5) is 2.08. The van der Waals surface area contributed by atoms with Crippen LogP contribution in [-0.4, -0.2) is 32.9 Å². The highest BCUT2D eigenvalue weighted by molar-refractivity contribution is 9.10. The van der Waals surface area contributed by atoms with Crippen LogP contribution in [-0.2, 0) is 4.74 Å². The van der Waals surface area contributed by atoms with E-state index >= 15 is 0 Å². The molecule has 1 aromatic carbocycles. The molecule has 1 heterocycles. The van der Waals surface area contributed by atoms with Crippen molar-refractivity contribution in [3.05, 3.63) is 22.7 Å². The first kappa shape index (κ1) is 12.6. The van der Waals surface area contributed by atoms with Crippen LogP contribution in [0.4, 0.5) is 14.5 Å². The summed E-state index contributed by atoms with van der Waals surface area (Å²) in [6.07, 6.45) is 0. The molecule has 0 saturated carbocycles. The Balaban J connectivity index is 2.18. The first-order valence-electron chi connectivity index (χ1n) is 5.23. The van der Waals surface area contributed by atoms with E-state index in [0.29, 0.717) is 13.2 Å². The number of morpholine rings is 1. The van der Waals surface area contributed by atoms with Crippen molar-refractivity contribution in [2.75, 3.05) is 31.2 Å². The van der Waals surface area contributed by atoms with Gasteiger partial charge in [-0.15, -0.1) is 0 Å². The molecule has 1 aromatic rings. The maximum absolute atomic E-state index is 12.2. The monoisotopic (exact) mass is 307 g/mol. The Morgan fingerprint density at radius 1 is 1.24 bits per heavy atom. The average Bonchev–Trinajstić information content (AvgIpc) is 2.28. The molecule has 0 aliphatic carbocycles. The fourth-order valence-electron chi connectivity index (χ4n) is 1.72. The Labute approximate surface area is 106 Å². The molecule has 17 heavy (non-hydrogen) atoms. The average molecular weight is 308 g/mol. The molecule has 3 nitrogen and oxygen atoms in total. The molecule has 0 unspecified atom stereocenters. The Morgan fingerprint density at radius 2 is 1.94 bits per heavy atom. The molecule has 0 aromatic heterocycles. The molecule has 2 rings (SSSR count). The first-order chi connectivity index (χ1) is 8.15. The Hall–Kier alpha value is -0.880. The molecule has 0 radical (unpaired) electrons. The van der Waals surface area contributed by atoms with E-state index in [9.17, 15) is 8.78 Å². The van der Waals surface area contributed by atoms with E-state index in [2.05, 4.69) is 25.6 Å². The molecule has 1 fully saturated rings. The zero-order valence-corrected chi connectivity index (χ0v) is 10.6. The van der Waals surface area contributed by atoms with Gasteiger partial charge in [0.1, 0.15) is 5.75 Å². The van der Waals surface area contributed by atoms with Crippen molar-refractivity contribution in [1.29, 1.82) is 0 Å². The van der Waals surface area contributed by atoms with E-state index in [1.807, 2.05) is 6.07 Å². The van der Waals surface area contributed by atoms with Gasteiger partial charge in [0.2, 0.25) is 0 Å². The Morgan fingerprint density at radius 3 is 2.59 bits per heavy atom. The normalized spacial score (nSPS) is 16.4. The molecule has 1 aliphatic rings. The topological polar surface area (TPSA) is 21.7 Å². The van der Waals surface area contributed by atoms with Crippen LogP contribution in [0.3, 0.4) is 0 Å². The number of ether oxygens (including phenoxy) is 2. The molecule has 0 atom stereocenters. The smallest absolute Gasteiger partial charge is 0.387 e. The molecule has 6 heteroatoms. The highest BCUT2D eigenvalue weighted by atomic mass is 79.9. The fraction of sp³-hybridized carbons (Fsp3) is 0.455. The number of hydrogen-bond acceptors (Lipinski definition) is 3. The second-order valence-electron chi connectivity index (χ2n) is 3.62. The lowest BCUT2D eigenvalue weighted by atomic mass is 10.2. The number of rotatable bonds is 3. The zero-order chi connectivity index (χ0) is 12.3. The minimum atomic E-state index is -2.80. The van der Waals surface area contributed by atoms with Crippen LogP contribution >= 0.6 is 15.9 Å². The van der Waals surface area contributed by atoms with Crippen LogP contribution < -0.4 is 9.64 Å². The van der Waals surface area contributed by atoms with E-state index in [4.69, 9.17) is 4.74 Å². The Kier molecular flexibility index (Phi) is 4.17. The van der Waals surface area contributed by atoms with Gasteiger partial charge >= 0.3 is 6.61 Å². The van der Waals surface area contributed by atoms with Crippen molar-refractivity contribution >= 4 is 21.6 Å². The van der Waals surface area contributed by atoms with Crippen molar-refractivity contribution in [2.24, 2.45) is 0 Å². The van der Waals surface area contributed by atoms with Gasteiger partial charge in [0.25, 0.3) is 0 Å². The molecule has 0 N–H and O–H groups in total. The van der Waals surface area contributed by atoms with Gasteiger partial charge in [0, 0.05) is 29.3 Å². The SMILES string of the molecule is FC(F)Oc1cc(Br)cc(N2CCOCC2)c1. The third kappa shape index (κ3) is 3.54. The van der Waals surface area contributed by atoms with Crippen LogP contribution in [0.1, 0.15) is 0 Å². The van der Waals surface area contributed by atoms with Gasteiger partial charge in [-0.05, 0) is 12.1 Å². The number of nitrogens with zero attached hydrogens (tertiary/aromatic N) is 1. The number of anilines is 1. The maximum Gasteiger partial charge on any atom is 0.387 e. The highest BCUT2D eigenvalue weighted by Gasteiger charge is 2.14. The summed E-state index contributed by atoms with van der Waals surface area (Å²) in [5.41, 5.74) is 0.860. The van der Waals surface area contributed by atoms with Crippen LogP contribution in [0.25, 0.3) is 0 Å². The van der Waals surface area contributed by atoms with E-state index in [1.54, 1.807) is 6.07 Å². The number of benzene rings is 1. The fourth-order valence-corrected chi connectivity index (χ4v) is 2.18. The van der Waals surface area contributed by atoms with Crippen molar-refractivity contribution in [3.63, 3.8) is 0 Å². The van der Waals surface area contributed by atoms with Crippen LogP contribution in [0.15, 0.2) is 22.7 Å². The van der Waals surface area contributed by atoms with Gasteiger partial charge in [-0.3, -0.25) is 0 Å². The van der Waals surface area contributed by atoms with Crippen LogP contribution in [0.2, 0.25) is 0 Å². The van der Waals surface area contributed by atoms with Gasteiger partial charge in [-0.1, -0.05) is 15.9 Å². The minimum Gasteiger partial charge on any atom is -0.435 e. The molecule has 0 amide bonds. The van der Waals surface area contributed by atoms with Crippen molar-refractivity contribution in [3.8, 4) is 5.75 Å². The van der Waals surface area contributed by atoms with E-state index in [1.165, 1.54) is 6.07 Å². The van der Waals surface area contributed by atoms with E-state index in [-0.39, 0.29) is 5.75 Å². The summed E-state index contributed by atoms with van der Waals surface area (Å²) in [5.74, 6) is 0.163. The molecule has 1 saturated heterocycles. The standard InChI is InChI=1S/C11H12BrF2NO2/c12-8-5-9(15-1-3-16-4-2-15)7-10(6-8)17-11(13)14/h5-7,11H,1-4H2. The molecular weight excluding hydrogens is 296 g/mol. The van der Waals surface area contributed by atoms with Crippen LogP contribution in [0.5, 0.6) is 5.75 Å². The quantitative estimate of drug-likeness (QED) is 0.857. The third-order valence-electron chi connectivity index (χ3n) is 2.46. The van der Waals surface area contributed by atoms with Gasteiger partial charge in [0.15, 0.2) is 0 Å². The molecule has 0 spiro atoms. The number of halogens is 3. The summed E-state index contributed by atoms with van der Waals surface area (Å²) in [6.45, 7) is 0.00592. The third-order valence-corrected chi connectivity index (χ3v) is 2.92. The van der Waals surface area contributed by atoms with E-state index < -0.39 is 6.61 Å². The van der Waals surface area contributed by atoms with Gasteiger partial charge < -0.3 is 14.4 Å². The molecule has 1 aliphatic heterocycles. The Bertz CT molecular complexity index is 384. The lowest BCUT2D eigenvalue weighted by Gasteiger charge is -2.29. The molecular formula is C11H12BrF2NO2. The van der Waals surface area contributed by atoms with Crippen molar-refractivity contribution in [2.45, 2.75) is 6.61 Å². The number of hydrogen-bond donors (Lipinski definition) is 0. The van der Waals surface area contributed by atoms with Crippen LogP contribution in [0, 0.1) is 0 Å². The van der Waals surface area contributed by atoms with Gasteiger partial charge in [0.05, 0.1) is 13.2 Å². The lowest BCUT2D eigenvalue weighted by Crippen LogP contribution is -2.36. The van der Waals surface area contributed by atoms with E-state index in [0.717, 1.165) is 23.2 Å². The summed E-state index contributed by atoms with van der Waals surface area (Å²) in [5, 5.41) is 0.